The van der Waals surface area contributed by atoms with Crippen molar-refractivity contribution in [2.24, 2.45) is 5.92 Å². The molecule has 2 aliphatic heterocycles. The number of carbonyl (C=O) groups is 1. The van der Waals surface area contributed by atoms with Gasteiger partial charge in [-0.3, -0.25) is 14.7 Å². The summed E-state index contributed by atoms with van der Waals surface area (Å²) < 4.78 is 11.0. The lowest BCUT2D eigenvalue weighted by molar-refractivity contribution is 0.0909. The van der Waals surface area contributed by atoms with Gasteiger partial charge >= 0.3 is 0 Å². The van der Waals surface area contributed by atoms with Crippen LogP contribution in [0.5, 0.6) is 0 Å². The zero-order chi connectivity index (χ0) is 17.4. The van der Waals surface area contributed by atoms with Crippen LogP contribution in [0.2, 0.25) is 0 Å². The quantitative estimate of drug-likeness (QED) is 0.874. The summed E-state index contributed by atoms with van der Waals surface area (Å²) in [5, 5.41) is 7.14. The van der Waals surface area contributed by atoms with Crippen molar-refractivity contribution in [1.29, 1.82) is 0 Å². The largest absolute Gasteiger partial charge is 0.379 e. The predicted octanol–water partition coefficient (Wildman–Crippen LogP) is 0.711. The molecule has 8 heteroatoms. The van der Waals surface area contributed by atoms with Crippen LogP contribution in [0, 0.1) is 19.8 Å². The van der Waals surface area contributed by atoms with E-state index in [2.05, 4.69) is 25.3 Å². The van der Waals surface area contributed by atoms with Crippen LogP contribution in [0.4, 0.5) is 0 Å². The zero-order valence-electron chi connectivity index (χ0n) is 14.3. The third kappa shape index (κ3) is 3.03. The van der Waals surface area contributed by atoms with Gasteiger partial charge in [0.15, 0.2) is 0 Å². The fourth-order valence-corrected chi connectivity index (χ4v) is 3.77. The van der Waals surface area contributed by atoms with Gasteiger partial charge in [0.2, 0.25) is 0 Å². The molecule has 4 rings (SSSR count). The van der Waals surface area contributed by atoms with Crippen LogP contribution < -0.4 is 5.32 Å². The summed E-state index contributed by atoms with van der Waals surface area (Å²) in [5.74, 6) is 0.934. The first-order valence-electron chi connectivity index (χ1n) is 8.44. The Hall–Kier alpha value is -2.32. The van der Waals surface area contributed by atoms with Gasteiger partial charge in [0.1, 0.15) is 11.5 Å². The third-order valence-electron chi connectivity index (χ3n) is 5.16. The molecule has 0 spiro atoms. The second kappa shape index (κ2) is 6.53. The molecule has 25 heavy (non-hydrogen) atoms. The second-order valence-electron chi connectivity index (χ2n) is 6.67. The SMILES string of the molecule is Cc1noc(C)c1CN1C[C@@H](NC(=O)c2cnccn2)[C@H]2COC[C@H]21. The first-order valence-corrected chi connectivity index (χ1v) is 8.44. The van der Waals surface area contributed by atoms with E-state index in [9.17, 15) is 4.79 Å². The second-order valence-corrected chi connectivity index (χ2v) is 6.67. The molecule has 0 unspecified atom stereocenters. The summed E-state index contributed by atoms with van der Waals surface area (Å²) in [7, 11) is 0. The lowest BCUT2D eigenvalue weighted by atomic mass is 9.99. The molecular weight excluding hydrogens is 322 g/mol. The zero-order valence-corrected chi connectivity index (χ0v) is 14.3. The summed E-state index contributed by atoms with van der Waals surface area (Å²) >= 11 is 0. The van der Waals surface area contributed by atoms with Crippen molar-refractivity contribution in [2.45, 2.75) is 32.5 Å². The van der Waals surface area contributed by atoms with Crippen LogP contribution in [0.25, 0.3) is 0 Å². The van der Waals surface area contributed by atoms with Gasteiger partial charge in [-0.25, -0.2) is 4.98 Å². The molecule has 1 N–H and O–H groups in total. The van der Waals surface area contributed by atoms with Gasteiger partial charge in [-0.2, -0.15) is 0 Å². The maximum absolute atomic E-state index is 12.4. The van der Waals surface area contributed by atoms with Crippen LogP contribution in [0.3, 0.4) is 0 Å². The molecule has 0 aromatic carbocycles. The van der Waals surface area contributed by atoms with E-state index in [1.807, 2.05) is 13.8 Å². The number of hydrogen-bond donors (Lipinski definition) is 1. The Balaban J connectivity index is 1.48. The molecule has 0 saturated carbocycles. The van der Waals surface area contributed by atoms with Crippen LogP contribution in [0.15, 0.2) is 23.1 Å². The molecule has 2 aliphatic rings. The molecule has 2 fully saturated rings. The molecule has 0 radical (unpaired) electrons. The number of amides is 1. The average molecular weight is 343 g/mol. The van der Waals surface area contributed by atoms with Crippen molar-refractivity contribution < 1.29 is 14.1 Å². The van der Waals surface area contributed by atoms with Gasteiger partial charge in [-0.15, -0.1) is 0 Å². The molecule has 2 saturated heterocycles. The number of fused-ring (bicyclic) bond motifs is 1. The molecular formula is C17H21N5O3. The maximum Gasteiger partial charge on any atom is 0.271 e. The van der Waals surface area contributed by atoms with Crippen molar-refractivity contribution in [1.82, 2.24) is 25.3 Å². The minimum atomic E-state index is -0.192. The summed E-state index contributed by atoms with van der Waals surface area (Å²) in [4.78, 5) is 22.8. The van der Waals surface area contributed by atoms with E-state index >= 15 is 0 Å². The highest BCUT2D eigenvalue weighted by atomic mass is 16.5. The number of ether oxygens (including phenoxy) is 1. The number of aromatic nitrogens is 3. The Morgan fingerprint density at radius 1 is 1.36 bits per heavy atom. The maximum atomic E-state index is 12.4. The molecule has 3 atom stereocenters. The van der Waals surface area contributed by atoms with E-state index in [-0.39, 0.29) is 17.9 Å². The Morgan fingerprint density at radius 3 is 2.96 bits per heavy atom. The van der Waals surface area contributed by atoms with Crippen LogP contribution in [0.1, 0.15) is 27.5 Å². The number of aryl methyl sites for hydroxylation is 2. The Bertz CT molecular complexity index is 743. The van der Waals surface area contributed by atoms with Crippen LogP contribution in [-0.4, -0.2) is 57.8 Å². The van der Waals surface area contributed by atoms with Crippen LogP contribution >= 0.6 is 0 Å². The van der Waals surface area contributed by atoms with E-state index in [0.29, 0.717) is 24.9 Å². The number of nitrogens with zero attached hydrogens (tertiary/aromatic N) is 4. The van der Waals surface area contributed by atoms with Crippen molar-refractivity contribution in [3.05, 3.63) is 41.3 Å². The topological polar surface area (TPSA) is 93.4 Å². The number of nitrogens with one attached hydrogen (secondary N) is 1. The summed E-state index contributed by atoms with van der Waals surface area (Å²) in [5.41, 5.74) is 2.37. The minimum Gasteiger partial charge on any atom is -0.379 e. The molecule has 8 nitrogen and oxygen atoms in total. The van der Waals surface area contributed by atoms with Crippen molar-refractivity contribution in [2.75, 3.05) is 19.8 Å². The normalized spacial score (nSPS) is 25.9. The lowest BCUT2D eigenvalue weighted by Crippen LogP contribution is -2.41. The first kappa shape index (κ1) is 16.2. The Labute approximate surface area is 145 Å². The molecule has 132 valence electrons. The molecule has 2 aromatic heterocycles. The monoisotopic (exact) mass is 343 g/mol. The Kier molecular flexibility index (Phi) is 4.22. The number of carbonyl (C=O) groups excluding carboxylic acids is 1. The predicted molar refractivity (Wildman–Crippen MR) is 87.8 cm³/mol. The average Bonchev–Trinajstić information content (AvgIpc) is 3.30. The Morgan fingerprint density at radius 2 is 2.24 bits per heavy atom. The number of hydrogen-bond acceptors (Lipinski definition) is 7. The third-order valence-corrected chi connectivity index (χ3v) is 5.16. The summed E-state index contributed by atoms with van der Waals surface area (Å²) in [6, 6.07) is 0.323. The van der Waals surface area contributed by atoms with E-state index in [4.69, 9.17) is 9.26 Å². The highest BCUT2D eigenvalue weighted by Gasteiger charge is 2.46. The van der Waals surface area contributed by atoms with Gasteiger partial charge in [0.05, 0.1) is 25.1 Å². The van der Waals surface area contributed by atoms with E-state index in [0.717, 1.165) is 30.1 Å². The number of likely N-dealkylation sites (tertiary alicyclic amines) is 1. The van der Waals surface area contributed by atoms with Gasteiger partial charge in [-0.05, 0) is 13.8 Å². The van der Waals surface area contributed by atoms with Crippen molar-refractivity contribution >= 4 is 5.91 Å². The minimum absolute atomic E-state index is 0.0301. The molecule has 1 amide bonds. The molecule has 2 aromatic rings. The smallest absolute Gasteiger partial charge is 0.271 e. The summed E-state index contributed by atoms with van der Waals surface area (Å²) in [6.07, 6.45) is 4.56. The van der Waals surface area contributed by atoms with Gasteiger partial charge < -0.3 is 14.6 Å². The summed E-state index contributed by atoms with van der Waals surface area (Å²) in [6.45, 7) is 6.76. The fourth-order valence-electron chi connectivity index (χ4n) is 3.77. The van der Waals surface area contributed by atoms with E-state index in [1.165, 1.54) is 12.4 Å². The number of rotatable bonds is 4. The first-order chi connectivity index (χ1) is 12.1. The van der Waals surface area contributed by atoms with E-state index in [1.54, 1.807) is 6.20 Å². The highest BCUT2D eigenvalue weighted by molar-refractivity contribution is 5.92. The standard InChI is InChI=1S/C17H21N5O3/c1-10-12(11(2)25-21-10)6-22-7-15(13-8-24-9-16(13)22)20-17(23)14-5-18-3-4-19-14/h3-5,13,15-16H,6-9H2,1-2H3,(H,20,23)/t13-,15-,16-/m1/s1. The fraction of sp³-hybridized carbons (Fsp3) is 0.529. The van der Waals surface area contributed by atoms with Crippen LogP contribution in [-0.2, 0) is 11.3 Å². The molecule has 0 aliphatic carbocycles. The van der Waals surface area contributed by atoms with Gasteiger partial charge in [0.25, 0.3) is 5.91 Å². The van der Waals surface area contributed by atoms with E-state index < -0.39 is 0 Å². The molecule has 4 heterocycles. The van der Waals surface area contributed by atoms with Crippen molar-refractivity contribution in [3.63, 3.8) is 0 Å². The lowest BCUT2D eigenvalue weighted by Gasteiger charge is -2.21. The van der Waals surface area contributed by atoms with Gasteiger partial charge in [0, 0.05) is 49.0 Å². The van der Waals surface area contributed by atoms with Gasteiger partial charge in [-0.1, -0.05) is 5.16 Å². The highest BCUT2D eigenvalue weighted by Crippen LogP contribution is 2.32. The van der Waals surface area contributed by atoms with Crippen molar-refractivity contribution in [3.8, 4) is 0 Å². The molecule has 0 bridgehead atoms.